The fraction of sp³-hybridized carbons (Fsp3) is 0.900. The van der Waals surface area contributed by atoms with Crippen molar-refractivity contribution in [2.75, 3.05) is 0 Å². The van der Waals surface area contributed by atoms with Crippen LogP contribution in [0.3, 0.4) is 0 Å². The number of aliphatic hydroxyl groups excluding tert-OH is 3. The van der Waals surface area contributed by atoms with Crippen LogP contribution in [0, 0.1) is 34.0 Å². The second-order valence-corrected chi connectivity index (χ2v) is 10.8. The predicted molar refractivity (Wildman–Crippen MR) is 88.1 cm³/mol. The average Bonchev–Trinajstić information content (AvgIpc) is 2.90. The first-order valence-corrected chi connectivity index (χ1v) is 9.96. The Balaban J connectivity index is 1.58. The summed E-state index contributed by atoms with van der Waals surface area (Å²) in [6.07, 6.45) is 1.59. The van der Waals surface area contributed by atoms with Crippen LogP contribution in [0.2, 0.25) is 0 Å². The molecule has 6 aliphatic carbocycles. The maximum Gasteiger partial charge on any atom is 0.113 e. The molecule has 0 aromatic carbocycles. The van der Waals surface area contributed by atoms with E-state index in [1.807, 2.05) is 0 Å². The molecule has 9 bridgehead atoms. The lowest BCUT2D eigenvalue weighted by molar-refractivity contribution is -0.298. The lowest BCUT2D eigenvalue weighted by Gasteiger charge is -2.68. The normalized spacial score (nSPS) is 76.5. The van der Waals surface area contributed by atoms with Crippen molar-refractivity contribution in [3.8, 4) is 0 Å². The second kappa shape index (κ2) is 3.49. The molecule has 0 radical (unpaired) electrons. The van der Waals surface area contributed by atoms with Gasteiger partial charge in [-0.2, -0.15) is 0 Å². The first-order chi connectivity index (χ1) is 11.7. The Morgan fingerprint density at radius 2 is 1.92 bits per heavy atom. The van der Waals surface area contributed by atoms with Gasteiger partial charge in [-0.1, -0.05) is 19.1 Å². The summed E-state index contributed by atoms with van der Waals surface area (Å²) in [4.78, 5) is 2.27. The minimum absolute atomic E-state index is 0.00683. The highest BCUT2D eigenvalue weighted by atomic mass is 16.3. The average molecular weight is 345 g/mol. The summed E-state index contributed by atoms with van der Waals surface area (Å²) in [7, 11) is 0. The third-order valence-electron chi connectivity index (χ3n) is 10.6. The molecule has 3 saturated heterocycles. The zero-order valence-corrected chi connectivity index (χ0v) is 14.6. The Bertz CT molecular complexity index is 756. The molecule has 0 aromatic heterocycles. The molecule has 5 heteroatoms. The van der Waals surface area contributed by atoms with Crippen molar-refractivity contribution in [3.63, 3.8) is 0 Å². The van der Waals surface area contributed by atoms with Crippen LogP contribution in [0.1, 0.15) is 39.0 Å². The van der Waals surface area contributed by atoms with Crippen LogP contribution < -0.4 is 0 Å². The Morgan fingerprint density at radius 1 is 1.16 bits per heavy atom. The Hall–Kier alpha value is -0.460. The predicted octanol–water partition coefficient (Wildman–Crippen LogP) is 0.226. The van der Waals surface area contributed by atoms with Gasteiger partial charge in [0.15, 0.2) is 0 Å². The SMILES string of the molecule is C=C1CC23C[C@@H]4[C@H]5C67C([C@H]2C[C@H]1C[C@]36O)N4[C@H](O)[C@]5(C)C[C@H](O)[C@H]7O. The van der Waals surface area contributed by atoms with E-state index in [4.69, 9.17) is 0 Å². The van der Waals surface area contributed by atoms with E-state index in [1.54, 1.807) is 0 Å². The van der Waals surface area contributed by atoms with Crippen LogP contribution in [0.25, 0.3) is 0 Å². The molecule has 3 heterocycles. The number of hydrogen-bond donors (Lipinski definition) is 4. The largest absolute Gasteiger partial charge is 0.390 e. The van der Waals surface area contributed by atoms with E-state index >= 15 is 0 Å². The number of allylic oxidation sites excluding steroid dienone is 1. The number of fused-ring (bicyclic) bond motifs is 1. The van der Waals surface area contributed by atoms with E-state index in [2.05, 4.69) is 18.4 Å². The molecule has 13 atom stereocenters. The Kier molecular flexibility index (Phi) is 2.04. The Labute approximate surface area is 147 Å². The van der Waals surface area contributed by atoms with Gasteiger partial charge in [-0.3, -0.25) is 4.90 Å². The number of rotatable bonds is 0. The monoisotopic (exact) mass is 345 g/mol. The van der Waals surface area contributed by atoms with Crippen LogP contribution in [-0.4, -0.2) is 61.4 Å². The molecular formula is C20H27NO4. The third-order valence-corrected chi connectivity index (χ3v) is 10.6. The molecule has 6 saturated carbocycles. The molecule has 9 fully saturated rings. The molecule has 0 aromatic rings. The molecule has 136 valence electrons. The molecule has 2 spiro atoms. The van der Waals surface area contributed by atoms with E-state index in [0.717, 1.165) is 19.3 Å². The summed E-state index contributed by atoms with van der Waals surface area (Å²) >= 11 is 0. The van der Waals surface area contributed by atoms with Gasteiger partial charge in [0.2, 0.25) is 0 Å². The molecular weight excluding hydrogens is 318 g/mol. The minimum atomic E-state index is -0.933. The standard InChI is InChI=1S/C20H27NO4/c1-8-4-18-6-11-13-17(2)7-12(22)15(23)20(13)14(21(11)16(17)24)10(18)3-9(8)5-19(18,20)25/h9-16,22-25H,1,3-7H2,2H3/t9-,10+,11+,12-,13+,14?,15+,16+,17+,18?,19-,20?/m0/s1. The summed E-state index contributed by atoms with van der Waals surface area (Å²) in [5.74, 6) is 0.706. The number of aliphatic hydroxyl groups is 4. The number of nitrogens with zero attached hydrogens (tertiary/aromatic N) is 1. The van der Waals surface area contributed by atoms with Gasteiger partial charge in [0.25, 0.3) is 0 Å². The second-order valence-electron chi connectivity index (χ2n) is 10.8. The van der Waals surface area contributed by atoms with Crippen molar-refractivity contribution < 1.29 is 20.4 Å². The first-order valence-electron chi connectivity index (χ1n) is 9.96. The summed E-state index contributed by atoms with van der Waals surface area (Å²) in [5.41, 5.74) is -0.982. The third kappa shape index (κ3) is 0.981. The van der Waals surface area contributed by atoms with Crippen molar-refractivity contribution in [2.24, 2.45) is 34.0 Å². The topological polar surface area (TPSA) is 84.2 Å². The molecule has 3 aliphatic heterocycles. The van der Waals surface area contributed by atoms with E-state index in [1.165, 1.54) is 5.57 Å². The zero-order chi connectivity index (χ0) is 17.3. The van der Waals surface area contributed by atoms with E-state index in [-0.39, 0.29) is 23.4 Å². The van der Waals surface area contributed by atoms with Gasteiger partial charge in [0.1, 0.15) is 6.23 Å². The highest BCUT2D eigenvalue weighted by Gasteiger charge is 2.95. The fourth-order valence-corrected chi connectivity index (χ4v) is 10.4. The van der Waals surface area contributed by atoms with Crippen LogP contribution in [0.5, 0.6) is 0 Å². The minimum Gasteiger partial charge on any atom is -0.390 e. The lowest BCUT2D eigenvalue weighted by Crippen LogP contribution is -2.76. The van der Waals surface area contributed by atoms with Gasteiger partial charge in [-0.15, -0.1) is 0 Å². The first kappa shape index (κ1) is 14.6. The van der Waals surface area contributed by atoms with Gasteiger partial charge in [-0.05, 0) is 49.9 Å². The summed E-state index contributed by atoms with van der Waals surface area (Å²) in [5, 5.41) is 45.6. The number of hydrogen-bond acceptors (Lipinski definition) is 5. The van der Waals surface area contributed by atoms with Crippen LogP contribution in [0.4, 0.5) is 0 Å². The van der Waals surface area contributed by atoms with Gasteiger partial charge in [-0.25, -0.2) is 0 Å². The lowest BCUT2D eigenvalue weighted by atomic mass is 9.38. The zero-order valence-electron chi connectivity index (χ0n) is 14.6. The summed E-state index contributed by atoms with van der Waals surface area (Å²) in [6.45, 7) is 6.39. The van der Waals surface area contributed by atoms with E-state index in [9.17, 15) is 20.4 Å². The van der Waals surface area contributed by atoms with Crippen LogP contribution in [0.15, 0.2) is 12.2 Å². The van der Waals surface area contributed by atoms with Gasteiger partial charge < -0.3 is 20.4 Å². The summed E-state index contributed by atoms with van der Waals surface area (Å²) in [6, 6.07) is 0.235. The fourth-order valence-electron chi connectivity index (χ4n) is 10.4. The van der Waals surface area contributed by atoms with Crippen LogP contribution >= 0.6 is 0 Å². The van der Waals surface area contributed by atoms with Gasteiger partial charge >= 0.3 is 0 Å². The molecule has 4 N–H and O–H groups in total. The van der Waals surface area contributed by atoms with E-state index < -0.39 is 34.9 Å². The summed E-state index contributed by atoms with van der Waals surface area (Å²) < 4.78 is 0. The molecule has 9 aliphatic rings. The molecule has 9 rings (SSSR count). The molecule has 25 heavy (non-hydrogen) atoms. The molecule has 4 unspecified atom stereocenters. The highest BCUT2D eigenvalue weighted by Crippen LogP contribution is 2.88. The van der Waals surface area contributed by atoms with E-state index in [0.29, 0.717) is 24.7 Å². The highest BCUT2D eigenvalue weighted by molar-refractivity contribution is 5.47. The van der Waals surface area contributed by atoms with Crippen LogP contribution in [-0.2, 0) is 0 Å². The van der Waals surface area contributed by atoms with Crippen molar-refractivity contribution in [2.45, 2.75) is 75.1 Å². The maximum atomic E-state index is 12.3. The quantitative estimate of drug-likeness (QED) is 0.472. The van der Waals surface area contributed by atoms with Gasteiger partial charge in [0.05, 0.1) is 17.8 Å². The Morgan fingerprint density at radius 3 is 2.68 bits per heavy atom. The van der Waals surface area contributed by atoms with Crippen molar-refractivity contribution in [1.29, 1.82) is 0 Å². The maximum absolute atomic E-state index is 12.3. The van der Waals surface area contributed by atoms with Crippen molar-refractivity contribution in [3.05, 3.63) is 12.2 Å². The number of piperidine rings is 2. The molecule has 5 nitrogen and oxygen atoms in total. The smallest absolute Gasteiger partial charge is 0.113 e. The van der Waals surface area contributed by atoms with Crippen molar-refractivity contribution >= 4 is 0 Å². The van der Waals surface area contributed by atoms with Crippen molar-refractivity contribution in [1.82, 2.24) is 4.90 Å². The molecule has 0 amide bonds. The van der Waals surface area contributed by atoms with Gasteiger partial charge in [0, 0.05) is 28.3 Å².